The van der Waals surface area contributed by atoms with Gasteiger partial charge in [-0.2, -0.15) is 9.61 Å². The summed E-state index contributed by atoms with van der Waals surface area (Å²) in [6.07, 6.45) is 3.04. The molecule has 0 aromatic carbocycles. The Labute approximate surface area is 112 Å². The monoisotopic (exact) mass is 260 g/mol. The Kier molecular flexibility index (Phi) is 3.14. The molecule has 0 radical (unpaired) electrons. The molecule has 0 aliphatic carbocycles. The number of rotatable bonds is 2. The Morgan fingerprint density at radius 1 is 1.37 bits per heavy atom. The molecular formula is C14H20N4O. The first-order valence-electron chi connectivity index (χ1n) is 7.00. The maximum Gasteiger partial charge on any atom is 0.274 e. The summed E-state index contributed by atoms with van der Waals surface area (Å²) in [6, 6.07) is 3.78. The van der Waals surface area contributed by atoms with Crippen molar-refractivity contribution in [3.05, 3.63) is 33.9 Å². The molecule has 1 fully saturated rings. The molecular weight excluding hydrogens is 240 g/mol. The van der Waals surface area contributed by atoms with Crippen molar-refractivity contribution in [2.45, 2.75) is 32.1 Å². The van der Waals surface area contributed by atoms with E-state index in [1.165, 1.54) is 4.52 Å². The molecule has 3 rings (SSSR count). The molecule has 102 valence electrons. The third-order valence-corrected chi connectivity index (χ3v) is 4.07. The fraction of sp³-hybridized carbons (Fsp3) is 0.571. The zero-order chi connectivity index (χ0) is 13.4. The molecule has 1 aliphatic rings. The van der Waals surface area contributed by atoms with E-state index in [9.17, 15) is 4.79 Å². The van der Waals surface area contributed by atoms with Gasteiger partial charge in [0.2, 0.25) is 0 Å². The number of piperidine rings is 1. The lowest BCUT2D eigenvalue weighted by atomic mass is 9.94. The van der Waals surface area contributed by atoms with Crippen LogP contribution in [0.2, 0.25) is 0 Å². The van der Waals surface area contributed by atoms with Crippen LogP contribution < -0.4 is 10.9 Å². The van der Waals surface area contributed by atoms with E-state index in [0.717, 1.165) is 49.4 Å². The summed E-state index contributed by atoms with van der Waals surface area (Å²) in [5.41, 5.74) is 3.00. The van der Waals surface area contributed by atoms with Gasteiger partial charge in [-0.3, -0.25) is 4.79 Å². The maximum absolute atomic E-state index is 12.2. The first-order chi connectivity index (χ1) is 9.20. The van der Waals surface area contributed by atoms with Crippen LogP contribution in [-0.4, -0.2) is 27.3 Å². The molecule has 3 heterocycles. The van der Waals surface area contributed by atoms with E-state index in [0.29, 0.717) is 5.92 Å². The number of nitrogens with zero attached hydrogens (tertiary/aromatic N) is 3. The molecule has 19 heavy (non-hydrogen) atoms. The van der Waals surface area contributed by atoms with Crippen molar-refractivity contribution in [3.63, 3.8) is 0 Å². The van der Waals surface area contributed by atoms with Gasteiger partial charge in [0.1, 0.15) is 5.65 Å². The third-order valence-electron chi connectivity index (χ3n) is 4.07. The van der Waals surface area contributed by atoms with E-state index in [4.69, 9.17) is 0 Å². The van der Waals surface area contributed by atoms with E-state index in [2.05, 4.69) is 21.9 Å². The smallest absolute Gasteiger partial charge is 0.274 e. The lowest BCUT2D eigenvalue weighted by Crippen LogP contribution is -2.29. The van der Waals surface area contributed by atoms with Crippen LogP contribution in [0, 0.1) is 0 Å². The summed E-state index contributed by atoms with van der Waals surface area (Å²) >= 11 is 0. The first kappa shape index (κ1) is 12.4. The number of hydrogen-bond donors (Lipinski definition) is 1. The molecule has 2 aromatic heterocycles. The molecule has 1 N–H and O–H groups in total. The number of aromatic nitrogens is 3. The highest BCUT2D eigenvalue weighted by molar-refractivity contribution is 5.42. The number of nitrogens with one attached hydrogen (secondary N) is 1. The van der Waals surface area contributed by atoms with Gasteiger partial charge in [0.15, 0.2) is 0 Å². The van der Waals surface area contributed by atoms with Crippen molar-refractivity contribution in [3.8, 4) is 0 Å². The minimum Gasteiger partial charge on any atom is -0.333 e. The van der Waals surface area contributed by atoms with E-state index in [-0.39, 0.29) is 5.56 Å². The summed E-state index contributed by atoms with van der Waals surface area (Å²) in [5, 5.41) is 7.71. The topological polar surface area (TPSA) is 51.3 Å². The number of hydrogen-bond acceptors (Lipinski definition) is 3. The quantitative estimate of drug-likeness (QED) is 0.878. The van der Waals surface area contributed by atoms with Crippen LogP contribution in [0.4, 0.5) is 0 Å². The van der Waals surface area contributed by atoms with E-state index >= 15 is 0 Å². The Hall–Kier alpha value is -1.62. The second-order valence-electron chi connectivity index (χ2n) is 5.25. The molecule has 1 aliphatic heterocycles. The van der Waals surface area contributed by atoms with Gasteiger partial charge in [-0.15, -0.1) is 0 Å². The minimum atomic E-state index is -0.0127. The van der Waals surface area contributed by atoms with Crippen molar-refractivity contribution in [1.82, 2.24) is 19.5 Å². The second-order valence-corrected chi connectivity index (χ2v) is 5.25. The molecule has 0 amide bonds. The van der Waals surface area contributed by atoms with Gasteiger partial charge in [0.05, 0.1) is 5.69 Å². The number of fused-ring (bicyclic) bond motifs is 1. The van der Waals surface area contributed by atoms with Gasteiger partial charge >= 0.3 is 0 Å². The Morgan fingerprint density at radius 3 is 2.79 bits per heavy atom. The van der Waals surface area contributed by atoms with Gasteiger partial charge in [-0.1, -0.05) is 6.92 Å². The average molecular weight is 260 g/mol. The first-order valence-corrected chi connectivity index (χ1v) is 7.00. The second kappa shape index (κ2) is 4.81. The Bertz CT molecular complexity index is 649. The predicted molar refractivity (Wildman–Crippen MR) is 74.7 cm³/mol. The minimum absolute atomic E-state index is 0.0127. The molecule has 0 saturated carbocycles. The molecule has 0 atom stereocenters. The largest absolute Gasteiger partial charge is 0.333 e. The van der Waals surface area contributed by atoms with Crippen LogP contribution in [0.1, 0.15) is 37.1 Å². The zero-order valence-corrected chi connectivity index (χ0v) is 11.5. The van der Waals surface area contributed by atoms with Crippen LogP contribution in [0.3, 0.4) is 0 Å². The van der Waals surface area contributed by atoms with Crippen LogP contribution in [0.5, 0.6) is 0 Å². The highest BCUT2D eigenvalue weighted by atomic mass is 16.1. The van der Waals surface area contributed by atoms with Gasteiger partial charge in [0.25, 0.3) is 5.56 Å². The Balaban J connectivity index is 2.15. The SMILES string of the molecule is CCc1cc2n(C)c(C3CCNCC3)cc(=O)n2n1. The van der Waals surface area contributed by atoms with Crippen LogP contribution in [-0.2, 0) is 13.5 Å². The fourth-order valence-corrected chi connectivity index (χ4v) is 2.92. The standard InChI is InChI=1S/C14H20N4O/c1-3-11-8-13-17(2)12(9-14(19)18(13)16-11)10-4-6-15-7-5-10/h8-10,15H,3-7H2,1-2H3. The third kappa shape index (κ3) is 2.08. The predicted octanol–water partition coefficient (Wildman–Crippen LogP) is 1.06. The highest BCUT2D eigenvalue weighted by Crippen LogP contribution is 2.24. The fourth-order valence-electron chi connectivity index (χ4n) is 2.92. The van der Waals surface area contributed by atoms with E-state index in [1.807, 2.05) is 13.1 Å². The van der Waals surface area contributed by atoms with E-state index < -0.39 is 0 Å². The summed E-state index contributed by atoms with van der Waals surface area (Å²) in [4.78, 5) is 12.2. The molecule has 0 unspecified atom stereocenters. The molecule has 0 bridgehead atoms. The lowest BCUT2D eigenvalue weighted by molar-refractivity contribution is 0.443. The van der Waals surface area contributed by atoms with Crippen LogP contribution >= 0.6 is 0 Å². The molecule has 1 saturated heterocycles. The molecule has 2 aromatic rings. The summed E-state index contributed by atoms with van der Waals surface area (Å²) in [7, 11) is 2.03. The average Bonchev–Trinajstić information content (AvgIpc) is 2.89. The van der Waals surface area contributed by atoms with Crippen molar-refractivity contribution in [1.29, 1.82) is 0 Å². The van der Waals surface area contributed by atoms with Crippen molar-refractivity contribution >= 4 is 5.65 Å². The van der Waals surface area contributed by atoms with Crippen molar-refractivity contribution in [2.75, 3.05) is 13.1 Å². The van der Waals surface area contributed by atoms with Crippen LogP contribution in [0.25, 0.3) is 5.65 Å². The van der Waals surface area contributed by atoms with Gasteiger partial charge < -0.3 is 9.88 Å². The number of aryl methyl sites for hydroxylation is 2. The van der Waals surface area contributed by atoms with Gasteiger partial charge in [-0.25, -0.2) is 0 Å². The van der Waals surface area contributed by atoms with Crippen molar-refractivity contribution in [2.24, 2.45) is 7.05 Å². The van der Waals surface area contributed by atoms with Crippen LogP contribution in [0.15, 0.2) is 16.9 Å². The molecule has 0 spiro atoms. The summed E-state index contributed by atoms with van der Waals surface area (Å²) < 4.78 is 3.65. The molecule has 5 heteroatoms. The maximum atomic E-state index is 12.2. The van der Waals surface area contributed by atoms with Gasteiger partial charge in [-0.05, 0) is 32.4 Å². The van der Waals surface area contributed by atoms with Gasteiger partial charge in [0, 0.05) is 30.8 Å². The zero-order valence-electron chi connectivity index (χ0n) is 11.5. The normalized spacial score (nSPS) is 17.2. The summed E-state index contributed by atoms with van der Waals surface area (Å²) in [6.45, 7) is 4.12. The molecule has 5 nitrogen and oxygen atoms in total. The van der Waals surface area contributed by atoms with Crippen molar-refractivity contribution < 1.29 is 0 Å². The van der Waals surface area contributed by atoms with E-state index in [1.54, 1.807) is 6.07 Å². The Morgan fingerprint density at radius 2 is 2.11 bits per heavy atom. The lowest BCUT2D eigenvalue weighted by Gasteiger charge is -2.25. The highest BCUT2D eigenvalue weighted by Gasteiger charge is 2.19. The summed E-state index contributed by atoms with van der Waals surface area (Å²) in [5.74, 6) is 0.476.